The number of carbonyl (C=O) groups is 4. The molecule has 0 unspecified atom stereocenters. The zero-order valence-electron chi connectivity index (χ0n) is 26.7. The number of unbranched alkanes of at least 4 members (excludes halogenated alkanes) is 15. The smallest absolute Gasteiger partial charge is 0.303 e. The second-order valence-corrected chi connectivity index (χ2v) is 12.4. The van der Waals surface area contributed by atoms with E-state index in [-0.39, 0.29) is 6.61 Å². The van der Waals surface area contributed by atoms with Crippen LogP contribution in [0.5, 0.6) is 0 Å². The molecule has 1 fully saturated rings. The Balaban J connectivity index is 2.46. The predicted molar refractivity (Wildman–Crippen MR) is 164 cm³/mol. The molecule has 1 rings (SSSR count). The number of carbonyl (C=O) groups excluding carboxylic acids is 4. The second-order valence-electron chi connectivity index (χ2n) is 11.2. The lowest BCUT2D eigenvalue weighted by Crippen LogP contribution is -2.61. The monoisotopic (exact) mass is 616 g/mol. The second kappa shape index (κ2) is 23.6. The maximum absolute atomic E-state index is 11.9. The third-order valence-electron chi connectivity index (χ3n) is 7.23. The van der Waals surface area contributed by atoms with Crippen LogP contribution in [-0.2, 0) is 42.9 Å². The van der Waals surface area contributed by atoms with Gasteiger partial charge in [-0.1, -0.05) is 103 Å². The summed E-state index contributed by atoms with van der Waals surface area (Å²) in [5.74, 6) is -1.61. The summed E-state index contributed by atoms with van der Waals surface area (Å²) in [6, 6.07) is 0. The van der Waals surface area contributed by atoms with Gasteiger partial charge in [0, 0.05) is 27.7 Å². The van der Waals surface area contributed by atoms with Gasteiger partial charge in [0.25, 0.3) is 0 Å². The fourth-order valence-corrected chi connectivity index (χ4v) is 6.40. The first-order chi connectivity index (χ1) is 20.1. The highest BCUT2D eigenvalue weighted by Crippen LogP contribution is 2.35. The minimum Gasteiger partial charge on any atom is -0.463 e. The molecule has 1 saturated heterocycles. The first kappa shape index (κ1) is 38.2. The fourth-order valence-electron chi connectivity index (χ4n) is 5.17. The third kappa shape index (κ3) is 18.0. The molecule has 0 aliphatic carbocycles. The van der Waals surface area contributed by atoms with Gasteiger partial charge < -0.3 is 23.7 Å². The molecule has 1 aliphatic rings. The molecule has 1 aliphatic heterocycles. The molecule has 1 heterocycles. The highest BCUT2D eigenvalue weighted by molar-refractivity contribution is 7.99. The average Bonchev–Trinajstić information content (AvgIpc) is 2.91. The quantitative estimate of drug-likeness (QED) is 0.0671. The van der Waals surface area contributed by atoms with E-state index in [1.807, 2.05) is 0 Å². The Bertz CT molecular complexity index is 775. The minimum absolute atomic E-state index is 0.200. The highest BCUT2D eigenvalue weighted by atomic mass is 32.2. The summed E-state index contributed by atoms with van der Waals surface area (Å²) >= 11 is 1.45. The van der Waals surface area contributed by atoms with E-state index in [4.69, 9.17) is 23.7 Å². The van der Waals surface area contributed by atoms with Gasteiger partial charge in [0.05, 0.1) is 0 Å². The van der Waals surface area contributed by atoms with Gasteiger partial charge in [-0.3, -0.25) is 19.2 Å². The number of hydrogen-bond acceptors (Lipinski definition) is 10. The largest absolute Gasteiger partial charge is 0.463 e. The highest BCUT2D eigenvalue weighted by Gasteiger charge is 2.52. The topological polar surface area (TPSA) is 114 Å². The molecule has 0 aromatic carbocycles. The fraction of sp³-hybridized carbons (Fsp3) is 0.875. The van der Waals surface area contributed by atoms with Crippen LogP contribution in [0, 0.1) is 0 Å². The van der Waals surface area contributed by atoms with E-state index in [2.05, 4.69) is 6.92 Å². The average molecular weight is 617 g/mol. The van der Waals surface area contributed by atoms with Gasteiger partial charge in [0.1, 0.15) is 18.1 Å². The molecule has 0 aromatic rings. The Morgan fingerprint density at radius 3 is 1.38 bits per heavy atom. The van der Waals surface area contributed by atoms with Crippen molar-refractivity contribution >= 4 is 35.6 Å². The van der Waals surface area contributed by atoms with E-state index in [1.165, 1.54) is 123 Å². The van der Waals surface area contributed by atoms with Gasteiger partial charge in [-0.25, -0.2) is 0 Å². The van der Waals surface area contributed by atoms with E-state index >= 15 is 0 Å². The number of thioether (sulfide) groups is 1. The van der Waals surface area contributed by atoms with Crippen molar-refractivity contribution in [3.05, 3.63) is 0 Å². The van der Waals surface area contributed by atoms with Crippen molar-refractivity contribution in [3.63, 3.8) is 0 Å². The third-order valence-corrected chi connectivity index (χ3v) is 8.46. The molecule has 0 radical (unpaired) electrons. The van der Waals surface area contributed by atoms with Crippen molar-refractivity contribution in [3.8, 4) is 0 Å². The summed E-state index contributed by atoms with van der Waals surface area (Å²) < 4.78 is 27.7. The van der Waals surface area contributed by atoms with Crippen LogP contribution in [0.2, 0.25) is 0 Å². The Labute approximate surface area is 257 Å². The first-order valence-electron chi connectivity index (χ1n) is 16.1. The first-order valence-corrected chi connectivity index (χ1v) is 17.1. The molecule has 0 saturated carbocycles. The number of rotatable bonds is 23. The minimum atomic E-state index is -1.11. The Kier molecular flexibility index (Phi) is 21.5. The Morgan fingerprint density at radius 2 is 0.952 bits per heavy atom. The molecule has 9 nitrogen and oxygen atoms in total. The lowest BCUT2D eigenvalue weighted by Gasteiger charge is -2.44. The van der Waals surface area contributed by atoms with Crippen LogP contribution >= 0.6 is 11.8 Å². The summed E-state index contributed by atoms with van der Waals surface area (Å²) in [6.07, 6.45) is 16.6. The van der Waals surface area contributed by atoms with Crippen LogP contribution in [0.1, 0.15) is 137 Å². The summed E-state index contributed by atoms with van der Waals surface area (Å²) in [6.45, 7) is 7.02. The van der Waals surface area contributed by atoms with Crippen molar-refractivity contribution in [2.75, 3.05) is 12.4 Å². The molecule has 5 atom stereocenters. The Hall–Kier alpha value is -1.81. The number of esters is 4. The van der Waals surface area contributed by atoms with E-state index in [9.17, 15) is 19.2 Å². The molecular formula is C32H56O9S. The molecule has 244 valence electrons. The lowest BCUT2D eigenvalue weighted by atomic mass is 9.99. The number of ether oxygens (including phenoxy) is 5. The number of hydrogen-bond donors (Lipinski definition) is 0. The van der Waals surface area contributed by atoms with Crippen LogP contribution in [0.25, 0.3) is 0 Å². The Morgan fingerprint density at radius 1 is 0.548 bits per heavy atom. The van der Waals surface area contributed by atoms with Gasteiger partial charge in [0.2, 0.25) is 0 Å². The molecule has 0 amide bonds. The van der Waals surface area contributed by atoms with Crippen molar-refractivity contribution < 1.29 is 42.9 Å². The van der Waals surface area contributed by atoms with Gasteiger partial charge >= 0.3 is 23.9 Å². The van der Waals surface area contributed by atoms with E-state index in [0.717, 1.165) is 25.0 Å². The molecular weight excluding hydrogens is 560 g/mol. The molecule has 0 N–H and O–H groups in total. The maximum atomic E-state index is 11.9. The molecule has 0 bridgehead atoms. The van der Waals surface area contributed by atoms with Gasteiger partial charge in [-0.15, -0.1) is 11.8 Å². The van der Waals surface area contributed by atoms with Gasteiger partial charge in [0.15, 0.2) is 18.3 Å². The van der Waals surface area contributed by atoms with Crippen LogP contribution in [0.15, 0.2) is 0 Å². The van der Waals surface area contributed by atoms with E-state index in [0.29, 0.717) is 0 Å². The normalized spacial score (nSPS) is 21.9. The summed E-state index contributed by atoms with van der Waals surface area (Å²) in [4.78, 5) is 47.2. The van der Waals surface area contributed by atoms with Crippen molar-refractivity contribution in [2.45, 2.75) is 167 Å². The van der Waals surface area contributed by atoms with Crippen molar-refractivity contribution in [2.24, 2.45) is 0 Å². The zero-order valence-corrected chi connectivity index (χ0v) is 27.5. The summed E-state index contributed by atoms with van der Waals surface area (Å²) in [5.41, 5.74) is -0.693. The molecule has 42 heavy (non-hydrogen) atoms. The van der Waals surface area contributed by atoms with E-state index in [1.54, 1.807) is 0 Å². The SMILES string of the molecule is CCCCCCCCCCCCCCCCCCS[C@H]1O[C@H](COC(C)=O)[C@H](OC(C)=O)[C@H](OC(C)=O)[C@H]1OC(C)=O. The van der Waals surface area contributed by atoms with Crippen LogP contribution in [0.3, 0.4) is 0 Å². The van der Waals surface area contributed by atoms with E-state index < -0.39 is 53.7 Å². The van der Waals surface area contributed by atoms with Crippen LogP contribution in [0.4, 0.5) is 0 Å². The predicted octanol–water partition coefficient (Wildman–Crippen LogP) is 7.06. The van der Waals surface area contributed by atoms with Gasteiger partial charge in [-0.05, 0) is 12.2 Å². The maximum Gasteiger partial charge on any atom is 0.303 e. The lowest BCUT2D eigenvalue weighted by molar-refractivity contribution is -0.237. The summed E-state index contributed by atoms with van der Waals surface area (Å²) in [5, 5.41) is 0. The van der Waals surface area contributed by atoms with Crippen LogP contribution < -0.4 is 0 Å². The zero-order chi connectivity index (χ0) is 31.2. The summed E-state index contributed by atoms with van der Waals surface area (Å²) in [7, 11) is 0. The molecule has 0 aromatic heterocycles. The standard InChI is InChI=1S/C32H56O9S/c1-6-7-8-9-10-11-12-13-14-15-16-17-18-19-20-21-22-42-32-31(40-27(5)36)30(39-26(4)35)29(38-25(3)34)28(41-32)23-37-24(2)33/h28-32H,6-23H2,1-5H3/t28-,29+,30+,31-,32-/m1/s1. The molecule has 10 heteroatoms. The van der Waals surface area contributed by atoms with Gasteiger partial charge in [-0.2, -0.15) is 0 Å². The van der Waals surface area contributed by atoms with Crippen LogP contribution in [-0.4, -0.2) is 66.1 Å². The van der Waals surface area contributed by atoms with Crippen molar-refractivity contribution in [1.82, 2.24) is 0 Å². The molecule has 0 spiro atoms. The van der Waals surface area contributed by atoms with Crippen molar-refractivity contribution in [1.29, 1.82) is 0 Å².